The van der Waals surface area contributed by atoms with Gasteiger partial charge in [0.05, 0.1) is 24.0 Å². The predicted octanol–water partition coefficient (Wildman–Crippen LogP) is 3.65. The minimum atomic E-state index is -0.526. The molecule has 1 atom stereocenters. The summed E-state index contributed by atoms with van der Waals surface area (Å²) in [7, 11) is 1.46. The highest BCUT2D eigenvalue weighted by Gasteiger charge is 2.29. The first kappa shape index (κ1) is 22.7. The van der Waals surface area contributed by atoms with Gasteiger partial charge in [-0.25, -0.2) is 19.3 Å². The fourth-order valence-corrected chi connectivity index (χ4v) is 3.66. The zero-order valence-electron chi connectivity index (χ0n) is 17.8. The summed E-state index contributed by atoms with van der Waals surface area (Å²) in [6.07, 6.45) is 3.06. The molecule has 4 aromatic heterocycles. The van der Waals surface area contributed by atoms with Crippen LogP contribution in [0.3, 0.4) is 0 Å². The van der Waals surface area contributed by atoms with Gasteiger partial charge in [0.2, 0.25) is 11.2 Å². The number of fused-ring (bicyclic) bond motifs is 1. The van der Waals surface area contributed by atoms with Crippen LogP contribution in [0, 0.1) is 23.0 Å². The first-order valence-corrected chi connectivity index (χ1v) is 10.5. The largest absolute Gasteiger partial charge is 0.479 e. The lowest BCUT2D eigenvalue weighted by Gasteiger charge is -2.12. The van der Waals surface area contributed by atoms with E-state index in [1.165, 1.54) is 18.0 Å². The maximum atomic E-state index is 11.7. The van der Waals surface area contributed by atoms with Gasteiger partial charge in [-0.2, -0.15) is 10.1 Å². The average Bonchev–Trinajstić information content (AvgIpc) is 3.28. The lowest BCUT2D eigenvalue weighted by atomic mass is 10.2. The van der Waals surface area contributed by atoms with Gasteiger partial charge in [0.25, 0.3) is 0 Å². The fraction of sp³-hybridized carbons (Fsp3) is 0.316. The third kappa shape index (κ3) is 4.39. The highest BCUT2D eigenvalue weighted by molar-refractivity contribution is 6.34. The highest BCUT2D eigenvalue weighted by Crippen LogP contribution is 2.33. The Labute approximate surface area is 197 Å². The zero-order valence-corrected chi connectivity index (χ0v) is 19.3. The summed E-state index contributed by atoms with van der Waals surface area (Å²) in [5.41, 5.74) is 0.990. The maximum Gasteiger partial charge on any atom is 0.353 e. The molecule has 4 rings (SSSR count). The van der Waals surface area contributed by atoms with Gasteiger partial charge in [-0.3, -0.25) is 10.1 Å². The Kier molecular flexibility index (Phi) is 6.29. The van der Waals surface area contributed by atoms with Crippen LogP contribution in [-0.2, 0) is 6.54 Å². The summed E-state index contributed by atoms with van der Waals surface area (Å²) < 4.78 is 14.0. The van der Waals surface area contributed by atoms with Crippen LogP contribution in [0.15, 0.2) is 24.5 Å². The topological polar surface area (TPSA) is 136 Å². The molecule has 0 radical (unpaired) electrons. The predicted molar refractivity (Wildman–Crippen MR) is 119 cm³/mol. The van der Waals surface area contributed by atoms with Crippen molar-refractivity contribution in [1.29, 1.82) is 0 Å². The molecule has 0 aliphatic carbocycles. The summed E-state index contributed by atoms with van der Waals surface area (Å²) in [6, 6.07) is 3.38. The second-order valence-electron chi connectivity index (χ2n) is 7.21. The number of methoxy groups -OCH3 is 1. The number of nitro groups is 1. The molecule has 172 valence electrons. The van der Waals surface area contributed by atoms with Gasteiger partial charge in [-0.05, 0) is 30.7 Å². The maximum absolute atomic E-state index is 11.7. The fourth-order valence-electron chi connectivity index (χ4n) is 3.31. The summed E-state index contributed by atoms with van der Waals surface area (Å²) >= 11 is 12.1. The van der Waals surface area contributed by atoms with Gasteiger partial charge < -0.3 is 9.47 Å². The summed E-state index contributed by atoms with van der Waals surface area (Å²) in [5, 5.41) is 21.2. The molecule has 1 unspecified atom stereocenters. The third-order valence-electron chi connectivity index (χ3n) is 4.81. The number of hydrogen-bond acceptors (Lipinski definition) is 9. The van der Waals surface area contributed by atoms with Crippen molar-refractivity contribution >= 4 is 39.9 Å². The number of pyridine rings is 1. The molecule has 0 bridgehead atoms. The molecule has 0 fully saturated rings. The van der Waals surface area contributed by atoms with Crippen LogP contribution in [0.25, 0.3) is 16.7 Å². The second kappa shape index (κ2) is 9.16. The van der Waals surface area contributed by atoms with Gasteiger partial charge in [0.15, 0.2) is 10.8 Å². The van der Waals surface area contributed by atoms with E-state index >= 15 is 0 Å². The Bertz CT molecular complexity index is 1340. The minimum absolute atomic E-state index is 0.0756. The van der Waals surface area contributed by atoms with Gasteiger partial charge in [-0.1, -0.05) is 18.5 Å². The molecular weight excluding hydrogens is 475 g/mol. The first-order chi connectivity index (χ1) is 15.8. The molecule has 14 heteroatoms. The molecule has 0 saturated heterocycles. The molecule has 0 aliphatic heterocycles. The highest BCUT2D eigenvalue weighted by atomic mass is 35.5. The van der Waals surface area contributed by atoms with Gasteiger partial charge in [0.1, 0.15) is 11.4 Å². The van der Waals surface area contributed by atoms with E-state index in [2.05, 4.69) is 25.1 Å². The van der Waals surface area contributed by atoms with Crippen LogP contribution < -0.4 is 9.47 Å². The van der Waals surface area contributed by atoms with Crippen molar-refractivity contribution in [2.75, 3.05) is 13.7 Å². The second-order valence-corrected chi connectivity index (χ2v) is 7.90. The molecule has 0 amide bonds. The number of nitrogens with zero attached hydrogens (tertiary/aromatic N) is 8. The van der Waals surface area contributed by atoms with Crippen LogP contribution in [0.1, 0.15) is 12.6 Å². The Balaban J connectivity index is 1.57. The van der Waals surface area contributed by atoms with Crippen molar-refractivity contribution in [3.05, 3.63) is 50.8 Å². The molecular formula is C19H18Cl2N8O4. The van der Waals surface area contributed by atoms with Gasteiger partial charge in [0, 0.05) is 24.9 Å². The third-order valence-corrected chi connectivity index (χ3v) is 5.27. The molecule has 0 spiro atoms. The molecule has 0 N–H and O–H groups in total. The molecule has 0 saturated carbocycles. The number of halogens is 2. The summed E-state index contributed by atoms with van der Waals surface area (Å²) in [6.45, 7) is 3.97. The molecule has 4 aromatic rings. The van der Waals surface area contributed by atoms with Crippen molar-refractivity contribution < 1.29 is 14.4 Å². The SMILES string of the molecule is COc1ncccc1-n1nc(OCC(C)Cn2nc(Cl)c3cnc(Cl)nc32)c([N+](=O)[O-])c1C. The van der Waals surface area contributed by atoms with Crippen molar-refractivity contribution in [2.24, 2.45) is 5.92 Å². The molecule has 12 nitrogen and oxygen atoms in total. The van der Waals surface area contributed by atoms with Crippen molar-refractivity contribution in [1.82, 2.24) is 34.5 Å². The lowest BCUT2D eigenvalue weighted by Crippen LogP contribution is -2.17. The van der Waals surface area contributed by atoms with E-state index in [4.69, 9.17) is 32.7 Å². The number of ether oxygens (including phenoxy) is 2. The number of aromatic nitrogens is 7. The molecule has 0 aliphatic rings. The van der Waals surface area contributed by atoms with Crippen LogP contribution >= 0.6 is 23.2 Å². The Morgan fingerprint density at radius 2 is 2.03 bits per heavy atom. The quantitative estimate of drug-likeness (QED) is 0.205. The Morgan fingerprint density at radius 1 is 1.24 bits per heavy atom. The first-order valence-electron chi connectivity index (χ1n) is 9.70. The van der Waals surface area contributed by atoms with E-state index in [0.717, 1.165) is 0 Å². The van der Waals surface area contributed by atoms with Gasteiger partial charge in [-0.15, -0.1) is 5.10 Å². The monoisotopic (exact) mass is 492 g/mol. The smallest absolute Gasteiger partial charge is 0.353 e. The molecule has 0 aromatic carbocycles. The van der Waals surface area contributed by atoms with E-state index < -0.39 is 4.92 Å². The number of hydrogen-bond donors (Lipinski definition) is 0. The van der Waals surface area contributed by atoms with Crippen LogP contribution in [0.4, 0.5) is 5.69 Å². The Hall–Kier alpha value is -3.51. The Morgan fingerprint density at radius 3 is 2.76 bits per heavy atom. The van der Waals surface area contributed by atoms with Crippen LogP contribution in [0.2, 0.25) is 10.4 Å². The van der Waals surface area contributed by atoms with E-state index in [1.807, 2.05) is 6.92 Å². The van der Waals surface area contributed by atoms with Crippen LogP contribution in [0.5, 0.6) is 11.8 Å². The van der Waals surface area contributed by atoms with Crippen LogP contribution in [-0.4, -0.2) is 53.2 Å². The van der Waals surface area contributed by atoms with Gasteiger partial charge >= 0.3 is 11.6 Å². The summed E-state index contributed by atoms with van der Waals surface area (Å²) in [4.78, 5) is 23.4. The number of rotatable bonds is 8. The van der Waals surface area contributed by atoms with E-state index in [9.17, 15) is 10.1 Å². The zero-order chi connectivity index (χ0) is 23.7. The molecule has 4 heterocycles. The molecule has 33 heavy (non-hydrogen) atoms. The van der Waals surface area contributed by atoms with E-state index in [-0.39, 0.29) is 46.1 Å². The van der Waals surface area contributed by atoms with E-state index in [1.54, 1.807) is 29.9 Å². The summed E-state index contributed by atoms with van der Waals surface area (Å²) in [5.74, 6) is 0.0425. The van der Waals surface area contributed by atoms with Crippen molar-refractivity contribution in [3.63, 3.8) is 0 Å². The average molecular weight is 493 g/mol. The normalized spacial score (nSPS) is 12.2. The van der Waals surface area contributed by atoms with E-state index in [0.29, 0.717) is 23.3 Å². The standard InChI is InChI=1S/C19H18Cl2N8O4/c1-10(8-27-16-12(15(20)25-27)7-23-19(21)24-16)9-33-18-14(29(30)31)11(2)28(26-18)13-5-4-6-22-17(13)32-3/h4-7,10H,8-9H2,1-3H3. The van der Waals surface area contributed by atoms with Crippen molar-refractivity contribution in [3.8, 4) is 17.4 Å². The van der Waals surface area contributed by atoms with Crippen molar-refractivity contribution in [2.45, 2.75) is 20.4 Å². The lowest BCUT2D eigenvalue weighted by molar-refractivity contribution is -0.386. The minimum Gasteiger partial charge on any atom is -0.479 e.